The lowest BCUT2D eigenvalue weighted by atomic mass is 10.0. The highest BCUT2D eigenvalue weighted by Crippen LogP contribution is 2.33. The van der Waals surface area contributed by atoms with Crippen LogP contribution in [0, 0.1) is 0 Å². The zero-order valence-electron chi connectivity index (χ0n) is 23.8. The van der Waals surface area contributed by atoms with E-state index in [1.807, 2.05) is 44.2 Å². The molecule has 0 saturated carbocycles. The molecule has 0 aromatic heterocycles. The molecule has 8 nitrogen and oxygen atoms in total. The molecule has 2 amide bonds. The van der Waals surface area contributed by atoms with Crippen molar-refractivity contribution < 1.29 is 22.7 Å². The Morgan fingerprint density at radius 3 is 2.19 bits per heavy atom. The second kappa shape index (κ2) is 15.0. The Labute approximate surface area is 262 Å². The molecule has 0 fully saturated rings. The van der Waals surface area contributed by atoms with Gasteiger partial charge in [0.05, 0.1) is 19.1 Å². The largest absolute Gasteiger partial charge is 0.495 e. The number of nitrogens with one attached hydrogen (secondary N) is 1. The van der Waals surface area contributed by atoms with Gasteiger partial charge in [0, 0.05) is 39.6 Å². The monoisotopic (exact) mass is 653 g/mol. The predicted molar refractivity (Wildman–Crippen MR) is 169 cm³/mol. The van der Waals surface area contributed by atoms with E-state index in [1.165, 1.54) is 24.1 Å². The van der Waals surface area contributed by atoms with Gasteiger partial charge in [0.2, 0.25) is 21.8 Å². The third-order valence-electron chi connectivity index (χ3n) is 6.75. The summed E-state index contributed by atoms with van der Waals surface area (Å²) in [6, 6.07) is 17.5. The smallest absolute Gasteiger partial charge is 0.244 e. The van der Waals surface area contributed by atoms with E-state index in [0.717, 1.165) is 16.1 Å². The maximum atomic E-state index is 14.3. The van der Waals surface area contributed by atoms with Crippen molar-refractivity contribution in [1.82, 2.24) is 10.2 Å². The average molecular weight is 655 g/mol. The minimum absolute atomic E-state index is 0.0836. The van der Waals surface area contributed by atoms with Gasteiger partial charge in [-0.25, -0.2) is 8.42 Å². The van der Waals surface area contributed by atoms with E-state index in [9.17, 15) is 18.0 Å². The Kier molecular flexibility index (Phi) is 11.9. The van der Waals surface area contributed by atoms with Gasteiger partial charge in [-0.2, -0.15) is 0 Å². The van der Waals surface area contributed by atoms with E-state index >= 15 is 0 Å². The van der Waals surface area contributed by atoms with Gasteiger partial charge in [-0.1, -0.05) is 78.1 Å². The Hall–Kier alpha value is -2.98. The molecule has 0 unspecified atom stereocenters. The lowest BCUT2D eigenvalue weighted by Gasteiger charge is -2.34. The lowest BCUT2D eigenvalue weighted by Crippen LogP contribution is -2.54. The summed E-state index contributed by atoms with van der Waals surface area (Å²) >= 11 is 19.2. The van der Waals surface area contributed by atoms with Crippen LogP contribution in [0.1, 0.15) is 31.4 Å². The Bertz CT molecular complexity index is 1490. The van der Waals surface area contributed by atoms with Crippen molar-refractivity contribution in [2.45, 2.75) is 45.3 Å². The van der Waals surface area contributed by atoms with Gasteiger partial charge >= 0.3 is 0 Å². The summed E-state index contributed by atoms with van der Waals surface area (Å²) < 4.78 is 32.4. The number of benzene rings is 3. The van der Waals surface area contributed by atoms with Gasteiger partial charge in [-0.05, 0) is 49.2 Å². The van der Waals surface area contributed by atoms with Gasteiger partial charge < -0.3 is 15.0 Å². The summed E-state index contributed by atoms with van der Waals surface area (Å²) in [7, 11) is -2.63. The molecule has 0 bridgehead atoms. The third kappa shape index (κ3) is 8.77. The zero-order valence-corrected chi connectivity index (χ0v) is 26.9. The van der Waals surface area contributed by atoms with Crippen molar-refractivity contribution in [2.24, 2.45) is 0 Å². The number of hydrogen-bond donors (Lipinski definition) is 1. The van der Waals surface area contributed by atoms with Gasteiger partial charge in [-0.3, -0.25) is 13.9 Å². The molecule has 0 aliphatic rings. The van der Waals surface area contributed by atoms with Crippen molar-refractivity contribution >= 4 is 62.3 Å². The SMILES string of the molecule is CC[C@H](C)NC(=O)[C@H](Cc1ccccc1)N(Cc1c(Cl)cccc1Cl)C(=O)CN(c1cc(Cl)ccc1OC)S(C)(=O)=O. The van der Waals surface area contributed by atoms with Gasteiger partial charge in [-0.15, -0.1) is 0 Å². The summed E-state index contributed by atoms with van der Waals surface area (Å²) in [5.74, 6) is -0.844. The number of amides is 2. The third-order valence-corrected chi connectivity index (χ3v) is 8.82. The molecule has 1 N–H and O–H groups in total. The van der Waals surface area contributed by atoms with Crippen LogP contribution in [0.15, 0.2) is 66.7 Å². The maximum Gasteiger partial charge on any atom is 0.244 e. The van der Waals surface area contributed by atoms with E-state index in [0.29, 0.717) is 22.0 Å². The molecule has 42 heavy (non-hydrogen) atoms. The minimum atomic E-state index is -4.02. The quantitative estimate of drug-likeness (QED) is 0.245. The fourth-order valence-electron chi connectivity index (χ4n) is 4.30. The molecule has 12 heteroatoms. The first-order chi connectivity index (χ1) is 19.8. The molecule has 0 heterocycles. The molecule has 0 radical (unpaired) electrons. The second-order valence-corrected chi connectivity index (χ2v) is 13.0. The van der Waals surface area contributed by atoms with Crippen molar-refractivity contribution in [3.05, 3.63) is 92.9 Å². The van der Waals surface area contributed by atoms with Gasteiger partial charge in [0.15, 0.2) is 0 Å². The number of methoxy groups -OCH3 is 1. The van der Waals surface area contributed by atoms with Crippen LogP contribution in [0.25, 0.3) is 0 Å². The molecular formula is C30H34Cl3N3O5S. The number of rotatable bonds is 13. The van der Waals surface area contributed by atoms with Crippen LogP contribution in [0.5, 0.6) is 5.75 Å². The fraction of sp³-hybridized carbons (Fsp3) is 0.333. The number of hydrogen-bond acceptors (Lipinski definition) is 5. The highest BCUT2D eigenvalue weighted by molar-refractivity contribution is 7.92. The van der Waals surface area contributed by atoms with Crippen LogP contribution in [0.4, 0.5) is 5.69 Å². The van der Waals surface area contributed by atoms with Gasteiger partial charge in [0.1, 0.15) is 18.3 Å². The van der Waals surface area contributed by atoms with E-state index in [2.05, 4.69) is 5.32 Å². The first-order valence-electron chi connectivity index (χ1n) is 13.2. The van der Waals surface area contributed by atoms with E-state index in [-0.39, 0.29) is 35.5 Å². The van der Waals surface area contributed by atoms with Crippen LogP contribution in [-0.4, -0.2) is 57.1 Å². The number of anilines is 1. The Morgan fingerprint density at radius 1 is 0.976 bits per heavy atom. The number of ether oxygens (including phenoxy) is 1. The number of sulfonamides is 1. The first-order valence-corrected chi connectivity index (χ1v) is 16.2. The Morgan fingerprint density at radius 2 is 1.62 bits per heavy atom. The highest BCUT2D eigenvalue weighted by atomic mass is 35.5. The number of halogens is 3. The van der Waals surface area contributed by atoms with Crippen molar-refractivity contribution in [3.8, 4) is 5.75 Å². The molecule has 3 rings (SSSR count). The summed E-state index contributed by atoms with van der Waals surface area (Å²) in [6.45, 7) is 3.02. The van der Waals surface area contributed by atoms with Crippen molar-refractivity contribution in [2.75, 3.05) is 24.2 Å². The molecule has 2 atom stereocenters. The normalized spacial score (nSPS) is 12.7. The molecule has 0 aliphatic heterocycles. The predicted octanol–water partition coefficient (Wildman–Crippen LogP) is 5.98. The topological polar surface area (TPSA) is 96.0 Å². The molecule has 0 aliphatic carbocycles. The fourth-order valence-corrected chi connectivity index (χ4v) is 5.83. The second-order valence-electron chi connectivity index (χ2n) is 9.83. The summed E-state index contributed by atoms with van der Waals surface area (Å²) in [5.41, 5.74) is 1.32. The lowest BCUT2D eigenvalue weighted by molar-refractivity contribution is -0.140. The maximum absolute atomic E-state index is 14.3. The van der Waals surface area contributed by atoms with Crippen LogP contribution in [0.3, 0.4) is 0 Å². The molecule has 0 spiro atoms. The van der Waals surface area contributed by atoms with Crippen LogP contribution < -0.4 is 14.4 Å². The standard InChI is InChI=1S/C30H34Cl3N3O5S/c1-5-20(2)34-30(38)27(16-21-10-7-6-8-11-21)35(18-23-24(32)12-9-13-25(23)33)29(37)19-36(42(4,39)40)26-17-22(31)14-15-28(26)41-3/h6-15,17,20,27H,5,16,18-19H2,1-4H3,(H,34,38)/t20-,27-/m0/s1. The van der Waals surface area contributed by atoms with Crippen LogP contribution in [-0.2, 0) is 32.6 Å². The average Bonchev–Trinajstić information content (AvgIpc) is 2.94. The summed E-state index contributed by atoms with van der Waals surface area (Å²) in [4.78, 5) is 29.4. The van der Waals surface area contributed by atoms with Crippen LogP contribution in [0.2, 0.25) is 15.1 Å². The number of nitrogens with zero attached hydrogens (tertiary/aromatic N) is 2. The molecule has 3 aromatic rings. The minimum Gasteiger partial charge on any atom is -0.495 e. The van der Waals surface area contributed by atoms with Crippen molar-refractivity contribution in [1.29, 1.82) is 0 Å². The first kappa shape index (κ1) is 33.5. The van der Waals surface area contributed by atoms with Crippen LogP contribution >= 0.6 is 34.8 Å². The highest BCUT2D eigenvalue weighted by Gasteiger charge is 2.34. The molecular weight excluding hydrogens is 621 g/mol. The number of carbonyl (C=O) groups excluding carboxylic acids is 2. The van der Waals surface area contributed by atoms with Gasteiger partial charge in [0.25, 0.3) is 0 Å². The van der Waals surface area contributed by atoms with E-state index in [4.69, 9.17) is 39.5 Å². The molecule has 3 aromatic carbocycles. The summed E-state index contributed by atoms with van der Waals surface area (Å²) in [5, 5.41) is 3.83. The van der Waals surface area contributed by atoms with E-state index < -0.39 is 34.4 Å². The number of carbonyl (C=O) groups is 2. The molecule has 0 saturated heterocycles. The molecule has 226 valence electrons. The summed E-state index contributed by atoms with van der Waals surface area (Å²) in [6.07, 6.45) is 1.81. The van der Waals surface area contributed by atoms with E-state index in [1.54, 1.807) is 24.3 Å². The Balaban J connectivity index is 2.15. The zero-order chi connectivity index (χ0) is 31.0. The van der Waals surface area contributed by atoms with Crippen molar-refractivity contribution in [3.63, 3.8) is 0 Å².